The maximum absolute atomic E-state index is 2.40. The zero-order valence-electron chi connectivity index (χ0n) is 20.4. The minimum Gasteiger partial charge on any atom is -0.232 e. The molecule has 32 heavy (non-hydrogen) atoms. The molecule has 0 aliphatic heterocycles. The molecule has 0 spiro atoms. The Labute approximate surface area is 192 Å². The van der Waals surface area contributed by atoms with Crippen LogP contribution in [0, 0.1) is 6.92 Å². The molecule has 0 saturated carbocycles. The van der Waals surface area contributed by atoms with E-state index < -0.39 is 0 Å². The third-order valence-corrected chi connectivity index (χ3v) is 6.49. The predicted molar refractivity (Wildman–Crippen MR) is 132 cm³/mol. The van der Waals surface area contributed by atoms with Gasteiger partial charge >= 0.3 is 0 Å². The minimum absolute atomic E-state index is 0.444. The first-order valence-corrected chi connectivity index (χ1v) is 11.6. The van der Waals surface area contributed by atoms with Crippen LogP contribution in [0.5, 0.6) is 0 Å². The Morgan fingerprint density at radius 1 is 0.688 bits per heavy atom. The molecule has 0 bridgehead atoms. The van der Waals surface area contributed by atoms with Crippen LogP contribution in [0.15, 0.2) is 73.2 Å². The fourth-order valence-electron chi connectivity index (χ4n) is 4.73. The van der Waals surface area contributed by atoms with E-state index in [0.717, 1.165) is 0 Å². The molecular formula is C29H35N3+2. The van der Waals surface area contributed by atoms with Gasteiger partial charge in [-0.3, -0.25) is 0 Å². The number of aryl methyl sites for hydroxylation is 2. The van der Waals surface area contributed by atoms with E-state index in [2.05, 4.69) is 136 Å². The first kappa shape index (κ1) is 22.0. The van der Waals surface area contributed by atoms with Crippen molar-refractivity contribution in [1.82, 2.24) is 4.57 Å². The molecule has 0 amide bonds. The summed E-state index contributed by atoms with van der Waals surface area (Å²) in [4.78, 5) is 0. The highest BCUT2D eigenvalue weighted by Gasteiger charge is 2.27. The molecule has 0 N–H and O–H groups in total. The van der Waals surface area contributed by atoms with Crippen molar-refractivity contribution in [2.24, 2.45) is 14.1 Å². The molecule has 3 heteroatoms. The Kier molecular flexibility index (Phi) is 6.01. The van der Waals surface area contributed by atoms with Crippen molar-refractivity contribution >= 4 is 0 Å². The van der Waals surface area contributed by atoms with Gasteiger partial charge in [-0.25, -0.2) is 9.13 Å². The fourth-order valence-corrected chi connectivity index (χ4v) is 4.73. The molecular weight excluding hydrogens is 390 g/mol. The number of benzene rings is 2. The van der Waals surface area contributed by atoms with Gasteiger partial charge in [0.15, 0.2) is 6.20 Å². The average molecular weight is 426 g/mol. The highest BCUT2D eigenvalue weighted by Crippen LogP contribution is 2.35. The van der Waals surface area contributed by atoms with Gasteiger partial charge in [-0.15, -0.1) is 0 Å². The van der Waals surface area contributed by atoms with Crippen LogP contribution < -0.4 is 9.13 Å². The molecule has 2 heterocycles. The number of rotatable bonds is 5. The fraction of sp³-hybridized carbons (Fsp3) is 0.310. The van der Waals surface area contributed by atoms with Crippen LogP contribution in [0.1, 0.15) is 56.2 Å². The topological polar surface area (TPSA) is 12.7 Å². The van der Waals surface area contributed by atoms with E-state index >= 15 is 0 Å². The van der Waals surface area contributed by atoms with E-state index in [9.17, 15) is 0 Å². The van der Waals surface area contributed by atoms with Gasteiger partial charge in [-0.1, -0.05) is 52.0 Å². The second kappa shape index (κ2) is 8.74. The molecule has 4 rings (SSSR count). The number of hydrogen-bond donors (Lipinski definition) is 0. The van der Waals surface area contributed by atoms with Crippen molar-refractivity contribution in [2.75, 3.05) is 0 Å². The van der Waals surface area contributed by atoms with Gasteiger partial charge < -0.3 is 0 Å². The smallest absolute Gasteiger partial charge is 0.232 e. The lowest BCUT2D eigenvalue weighted by molar-refractivity contribution is -0.660. The van der Waals surface area contributed by atoms with Crippen molar-refractivity contribution in [3.8, 4) is 28.3 Å². The maximum atomic E-state index is 2.40. The Hall–Kier alpha value is -3.20. The van der Waals surface area contributed by atoms with Crippen LogP contribution in [-0.2, 0) is 14.1 Å². The molecule has 0 aliphatic rings. The van der Waals surface area contributed by atoms with Crippen LogP contribution in [-0.4, -0.2) is 4.57 Å². The summed E-state index contributed by atoms with van der Waals surface area (Å²) in [6.45, 7) is 11.4. The van der Waals surface area contributed by atoms with Gasteiger partial charge in [-0.2, -0.15) is 4.57 Å². The quantitative estimate of drug-likeness (QED) is 0.347. The molecule has 0 fully saturated rings. The van der Waals surface area contributed by atoms with Crippen LogP contribution in [0.25, 0.3) is 28.3 Å². The normalized spacial score (nSPS) is 11.5. The van der Waals surface area contributed by atoms with Crippen molar-refractivity contribution in [2.45, 2.75) is 46.5 Å². The van der Waals surface area contributed by atoms with Crippen molar-refractivity contribution in [3.05, 3.63) is 89.9 Å². The monoisotopic (exact) mass is 425 g/mol. The van der Waals surface area contributed by atoms with Gasteiger partial charge in [0, 0.05) is 28.8 Å². The van der Waals surface area contributed by atoms with Gasteiger partial charge in [0.05, 0.1) is 12.6 Å². The summed E-state index contributed by atoms with van der Waals surface area (Å²) in [6, 6.07) is 19.8. The Morgan fingerprint density at radius 2 is 1.31 bits per heavy atom. The SMILES string of the molecule is Cc1c(-c2cccc[n+]2C)cccc1-c1n(-c2c(C(C)C)cccc2C(C)C)cc[n+]1C. The second-order valence-corrected chi connectivity index (χ2v) is 9.37. The van der Waals surface area contributed by atoms with E-state index in [1.807, 2.05) is 0 Å². The van der Waals surface area contributed by atoms with Gasteiger partial charge in [0.2, 0.25) is 5.69 Å². The molecule has 0 atom stereocenters. The predicted octanol–water partition coefficient (Wildman–Crippen LogP) is 6.02. The second-order valence-electron chi connectivity index (χ2n) is 9.37. The molecule has 0 aliphatic carbocycles. The van der Waals surface area contributed by atoms with Gasteiger partial charge in [0.1, 0.15) is 25.1 Å². The minimum atomic E-state index is 0.444. The molecule has 164 valence electrons. The number of hydrogen-bond acceptors (Lipinski definition) is 0. The zero-order valence-corrected chi connectivity index (χ0v) is 20.4. The number of imidazole rings is 1. The van der Waals surface area contributed by atoms with E-state index in [1.165, 1.54) is 45.0 Å². The average Bonchev–Trinajstić information content (AvgIpc) is 3.14. The van der Waals surface area contributed by atoms with E-state index in [4.69, 9.17) is 0 Å². The first-order chi connectivity index (χ1) is 15.3. The number of pyridine rings is 1. The van der Waals surface area contributed by atoms with E-state index in [1.54, 1.807) is 0 Å². The Bertz CT molecular complexity index is 1240. The third kappa shape index (κ3) is 3.77. The molecule has 3 nitrogen and oxygen atoms in total. The summed E-state index contributed by atoms with van der Waals surface area (Å²) in [5.74, 6) is 2.10. The number of aromatic nitrogens is 3. The number of nitrogens with zero attached hydrogens (tertiary/aromatic N) is 3. The summed E-state index contributed by atoms with van der Waals surface area (Å²) >= 11 is 0. The molecule has 2 aromatic carbocycles. The lowest BCUT2D eigenvalue weighted by Gasteiger charge is -2.18. The van der Waals surface area contributed by atoms with Crippen LogP contribution in [0.3, 0.4) is 0 Å². The molecule has 0 saturated heterocycles. The Balaban J connectivity index is 2.00. The summed E-state index contributed by atoms with van der Waals surface area (Å²) in [5.41, 5.74) is 9.12. The van der Waals surface area contributed by atoms with Crippen molar-refractivity contribution < 1.29 is 9.13 Å². The molecule has 4 aromatic rings. The van der Waals surface area contributed by atoms with Crippen LogP contribution in [0.2, 0.25) is 0 Å². The lowest BCUT2D eigenvalue weighted by atomic mass is 9.92. The largest absolute Gasteiger partial charge is 0.294 e. The molecule has 0 radical (unpaired) electrons. The van der Waals surface area contributed by atoms with Crippen LogP contribution >= 0.6 is 0 Å². The molecule has 2 aromatic heterocycles. The summed E-state index contributed by atoms with van der Waals surface area (Å²) in [5, 5.41) is 0. The summed E-state index contributed by atoms with van der Waals surface area (Å²) < 4.78 is 6.84. The van der Waals surface area contributed by atoms with Crippen molar-refractivity contribution in [1.29, 1.82) is 0 Å². The highest BCUT2D eigenvalue weighted by atomic mass is 15.1. The third-order valence-electron chi connectivity index (χ3n) is 6.49. The van der Waals surface area contributed by atoms with Gasteiger partial charge in [0.25, 0.3) is 5.82 Å². The van der Waals surface area contributed by atoms with E-state index in [-0.39, 0.29) is 0 Å². The Morgan fingerprint density at radius 3 is 1.94 bits per heavy atom. The van der Waals surface area contributed by atoms with Crippen molar-refractivity contribution in [3.63, 3.8) is 0 Å². The lowest BCUT2D eigenvalue weighted by Crippen LogP contribution is -2.31. The molecule has 0 unspecified atom stereocenters. The summed E-state index contributed by atoms with van der Waals surface area (Å²) in [7, 11) is 4.26. The highest BCUT2D eigenvalue weighted by molar-refractivity contribution is 5.73. The van der Waals surface area contributed by atoms with Crippen LogP contribution in [0.4, 0.5) is 0 Å². The maximum Gasteiger partial charge on any atom is 0.294 e. The summed E-state index contributed by atoms with van der Waals surface area (Å²) in [6.07, 6.45) is 6.50. The van der Waals surface area contributed by atoms with Gasteiger partial charge in [-0.05, 0) is 42.5 Å². The van der Waals surface area contributed by atoms with E-state index in [0.29, 0.717) is 11.8 Å². The zero-order chi connectivity index (χ0) is 23.0. The standard InChI is InChI=1S/C29H35N3/c1-20(2)23-12-10-13-24(21(3)4)28(23)32-19-18-31(7)29(32)26-15-11-14-25(22(26)5)27-16-8-9-17-30(27)6/h8-21H,1-7H3/q+2. The first-order valence-electron chi connectivity index (χ1n) is 11.6. The number of para-hydroxylation sites is 1.